The molecular formula is C20H23ClN4O4. The quantitative estimate of drug-likeness (QED) is 0.546. The molecule has 1 saturated carbocycles. The van der Waals surface area contributed by atoms with Gasteiger partial charge < -0.3 is 4.90 Å². The van der Waals surface area contributed by atoms with E-state index in [1.807, 2.05) is 0 Å². The van der Waals surface area contributed by atoms with Gasteiger partial charge in [0.2, 0.25) is 5.91 Å². The Bertz CT molecular complexity index is 987. The predicted molar refractivity (Wildman–Crippen MR) is 108 cm³/mol. The van der Waals surface area contributed by atoms with Gasteiger partial charge in [0.1, 0.15) is 23.5 Å². The molecule has 1 unspecified atom stereocenters. The number of nitro groups is 1. The molecule has 1 amide bonds. The first-order valence-electron chi connectivity index (χ1n) is 9.43. The van der Waals surface area contributed by atoms with Crippen LogP contribution in [0.5, 0.6) is 0 Å². The summed E-state index contributed by atoms with van der Waals surface area (Å²) in [6.45, 7) is 2.89. The first-order chi connectivity index (χ1) is 13.7. The van der Waals surface area contributed by atoms with Crippen molar-refractivity contribution in [1.82, 2.24) is 14.7 Å². The third-order valence-electron chi connectivity index (χ3n) is 5.73. The van der Waals surface area contributed by atoms with E-state index in [4.69, 9.17) is 11.6 Å². The van der Waals surface area contributed by atoms with Crippen molar-refractivity contribution < 1.29 is 14.5 Å². The maximum absolute atomic E-state index is 13.2. The highest BCUT2D eigenvalue weighted by atomic mass is 35.5. The zero-order valence-corrected chi connectivity index (χ0v) is 17.4. The number of hydrogen-bond acceptors (Lipinski definition) is 5. The summed E-state index contributed by atoms with van der Waals surface area (Å²) in [5.41, 5.74) is -0.0829. The van der Waals surface area contributed by atoms with Crippen LogP contribution in [0.25, 0.3) is 0 Å². The standard InChI is InChI=1S/C20H23ClN4O4/c1-13-19(25(28)29)14(2)24(22-13)12-18(27)23(3)20(11-7-6-10-17(20)26)15-8-4-5-9-16(15)21/h4-5,8-9H,6-7,10-12H2,1-3H3. The number of ketones is 1. The Kier molecular flexibility index (Phi) is 5.75. The smallest absolute Gasteiger partial charge is 0.312 e. The maximum atomic E-state index is 13.2. The van der Waals surface area contributed by atoms with Gasteiger partial charge in [-0.15, -0.1) is 0 Å². The zero-order valence-electron chi connectivity index (χ0n) is 16.6. The summed E-state index contributed by atoms with van der Waals surface area (Å²) < 4.78 is 1.32. The lowest BCUT2D eigenvalue weighted by Gasteiger charge is -2.44. The first kappa shape index (κ1) is 21.0. The minimum atomic E-state index is -1.14. The number of halogens is 1. The van der Waals surface area contributed by atoms with Crippen LogP contribution in [0.1, 0.15) is 42.6 Å². The molecule has 1 aliphatic rings. The van der Waals surface area contributed by atoms with Gasteiger partial charge >= 0.3 is 5.69 Å². The fraction of sp³-hybridized carbons (Fsp3) is 0.450. The highest BCUT2D eigenvalue weighted by Gasteiger charge is 2.48. The molecule has 0 radical (unpaired) electrons. The molecule has 1 aliphatic carbocycles. The summed E-state index contributed by atoms with van der Waals surface area (Å²) in [5, 5.41) is 15.8. The largest absolute Gasteiger partial charge is 0.327 e. The monoisotopic (exact) mass is 418 g/mol. The average molecular weight is 419 g/mol. The maximum Gasteiger partial charge on any atom is 0.312 e. The second-order valence-electron chi connectivity index (χ2n) is 7.36. The molecule has 154 valence electrons. The van der Waals surface area contributed by atoms with E-state index in [0.717, 1.165) is 12.8 Å². The molecule has 3 rings (SSSR count). The number of hydrogen-bond donors (Lipinski definition) is 0. The molecule has 0 spiro atoms. The number of nitrogens with zero attached hydrogens (tertiary/aromatic N) is 4. The number of Topliss-reactive ketones (excluding diaryl/α,β-unsaturated/α-hetero) is 1. The van der Waals surface area contributed by atoms with Crippen LogP contribution in [0.3, 0.4) is 0 Å². The molecule has 1 aromatic carbocycles. The minimum Gasteiger partial charge on any atom is -0.327 e. The summed E-state index contributed by atoms with van der Waals surface area (Å²) in [6.07, 6.45) is 2.42. The van der Waals surface area contributed by atoms with Crippen LogP contribution in [0, 0.1) is 24.0 Å². The average Bonchev–Trinajstić information content (AvgIpc) is 2.95. The Balaban J connectivity index is 1.99. The van der Waals surface area contributed by atoms with Crippen LogP contribution in [0.15, 0.2) is 24.3 Å². The second kappa shape index (κ2) is 7.94. The molecule has 1 heterocycles. The van der Waals surface area contributed by atoms with E-state index in [1.54, 1.807) is 38.2 Å². The lowest BCUT2D eigenvalue weighted by atomic mass is 9.74. The van der Waals surface area contributed by atoms with Gasteiger partial charge in [-0.25, -0.2) is 0 Å². The van der Waals surface area contributed by atoms with Gasteiger partial charge in [0, 0.05) is 24.1 Å². The fourth-order valence-electron chi connectivity index (χ4n) is 4.18. The lowest BCUT2D eigenvalue weighted by molar-refractivity contribution is -0.386. The van der Waals surface area contributed by atoms with Crippen molar-refractivity contribution in [2.75, 3.05) is 7.05 Å². The number of carbonyl (C=O) groups is 2. The normalized spacial score (nSPS) is 19.2. The third kappa shape index (κ3) is 3.53. The summed E-state index contributed by atoms with van der Waals surface area (Å²) >= 11 is 6.42. The van der Waals surface area contributed by atoms with Crippen LogP contribution in [0.2, 0.25) is 5.02 Å². The Morgan fingerprint density at radius 2 is 2.03 bits per heavy atom. The number of benzene rings is 1. The molecule has 0 bridgehead atoms. The van der Waals surface area contributed by atoms with Crippen molar-refractivity contribution in [2.45, 2.75) is 51.6 Å². The summed E-state index contributed by atoms with van der Waals surface area (Å²) in [6, 6.07) is 7.07. The van der Waals surface area contributed by atoms with E-state index in [0.29, 0.717) is 29.1 Å². The van der Waals surface area contributed by atoms with Crippen LogP contribution in [0.4, 0.5) is 5.69 Å². The highest BCUT2D eigenvalue weighted by molar-refractivity contribution is 6.31. The van der Waals surface area contributed by atoms with E-state index >= 15 is 0 Å². The Hall–Kier alpha value is -2.74. The number of aryl methyl sites for hydroxylation is 1. The molecule has 1 aromatic heterocycles. The van der Waals surface area contributed by atoms with Crippen molar-refractivity contribution >= 4 is 29.0 Å². The molecule has 0 aliphatic heterocycles. The van der Waals surface area contributed by atoms with Gasteiger partial charge in [0.25, 0.3) is 0 Å². The number of rotatable bonds is 5. The second-order valence-corrected chi connectivity index (χ2v) is 7.76. The highest BCUT2D eigenvalue weighted by Crippen LogP contribution is 2.42. The molecular weight excluding hydrogens is 396 g/mol. The summed E-state index contributed by atoms with van der Waals surface area (Å²) in [7, 11) is 1.59. The Labute approximate surface area is 173 Å². The van der Waals surface area contributed by atoms with Gasteiger partial charge in [-0.2, -0.15) is 5.10 Å². The van der Waals surface area contributed by atoms with Crippen LogP contribution in [-0.4, -0.2) is 38.3 Å². The van der Waals surface area contributed by atoms with E-state index < -0.39 is 10.5 Å². The number of likely N-dealkylation sites (N-methyl/N-ethyl adjacent to an activating group) is 1. The molecule has 8 nitrogen and oxygen atoms in total. The number of amides is 1. The van der Waals surface area contributed by atoms with Gasteiger partial charge in [-0.3, -0.25) is 24.4 Å². The van der Waals surface area contributed by atoms with Crippen LogP contribution in [-0.2, 0) is 21.7 Å². The fourth-order valence-corrected chi connectivity index (χ4v) is 4.47. The summed E-state index contributed by atoms with van der Waals surface area (Å²) in [5.74, 6) is -0.410. The molecule has 9 heteroatoms. The molecule has 29 heavy (non-hydrogen) atoms. The van der Waals surface area contributed by atoms with Crippen molar-refractivity contribution in [1.29, 1.82) is 0 Å². The summed E-state index contributed by atoms with van der Waals surface area (Å²) in [4.78, 5) is 38.5. The van der Waals surface area contributed by atoms with Crippen molar-refractivity contribution in [3.63, 3.8) is 0 Å². The zero-order chi connectivity index (χ0) is 21.3. The van der Waals surface area contributed by atoms with Gasteiger partial charge in [0.15, 0.2) is 5.78 Å². The van der Waals surface area contributed by atoms with E-state index in [9.17, 15) is 19.7 Å². The topological polar surface area (TPSA) is 98.3 Å². The molecule has 1 fully saturated rings. The Morgan fingerprint density at radius 1 is 1.34 bits per heavy atom. The SMILES string of the molecule is Cc1nn(CC(=O)N(C)C2(c3ccccc3Cl)CCCCC2=O)c(C)c1[N+](=O)[O-]. The van der Waals surface area contributed by atoms with Crippen LogP contribution >= 0.6 is 11.6 Å². The lowest BCUT2D eigenvalue weighted by Crippen LogP contribution is -2.55. The predicted octanol–water partition coefficient (Wildman–Crippen LogP) is 3.56. The van der Waals surface area contributed by atoms with E-state index in [2.05, 4.69) is 5.10 Å². The molecule has 2 aromatic rings. The Morgan fingerprint density at radius 3 is 2.62 bits per heavy atom. The van der Waals surface area contributed by atoms with Crippen molar-refractivity contribution in [2.24, 2.45) is 0 Å². The van der Waals surface area contributed by atoms with Gasteiger partial charge in [-0.1, -0.05) is 29.8 Å². The molecule has 0 saturated heterocycles. The van der Waals surface area contributed by atoms with Crippen molar-refractivity contribution in [3.8, 4) is 0 Å². The third-order valence-corrected chi connectivity index (χ3v) is 6.06. The minimum absolute atomic E-state index is 0.0490. The van der Waals surface area contributed by atoms with Crippen molar-refractivity contribution in [3.05, 3.63) is 56.4 Å². The van der Waals surface area contributed by atoms with E-state index in [1.165, 1.54) is 16.5 Å². The molecule has 0 N–H and O–H groups in total. The number of aromatic nitrogens is 2. The molecule has 1 atom stereocenters. The van der Waals surface area contributed by atoms with Gasteiger partial charge in [0.05, 0.1) is 4.92 Å². The van der Waals surface area contributed by atoms with Crippen LogP contribution < -0.4 is 0 Å². The number of carbonyl (C=O) groups excluding carboxylic acids is 2. The van der Waals surface area contributed by atoms with E-state index in [-0.39, 0.29) is 29.6 Å². The first-order valence-corrected chi connectivity index (χ1v) is 9.81. The van der Waals surface area contributed by atoms with Gasteiger partial charge in [-0.05, 0) is 39.2 Å².